The SMILES string of the molecule is COc1cccc(NC(=O)[C@H](OC(=O)c2sc3ccccc3c2Cl)c2ccccc2)c1. The number of anilines is 1. The van der Waals surface area contributed by atoms with Crippen LogP contribution in [0.3, 0.4) is 0 Å². The molecule has 5 nitrogen and oxygen atoms in total. The lowest BCUT2D eigenvalue weighted by Crippen LogP contribution is -2.25. The number of hydrogen-bond acceptors (Lipinski definition) is 5. The largest absolute Gasteiger partial charge is 0.497 e. The quantitative estimate of drug-likeness (QED) is 0.360. The van der Waals surface area contributed by atoms with Crippen molar-refractivity contribution in [2.75, 3.05) is 12.4 Å². The smallest absolute Gasteiger partial charge is 0.351 e. The van der Waals surface area contributed by atoms with Gasteiger partial charge in [0.15, 0.2) is 0 Å². The van der Waals surface area contributed by atoms with Crippen molar-refractivity contribution in [1.82, 2.24) is 0 Å². The Labute approximate surface area is 188 Å². The maximum Gasteiger partial charge on any atom is 0.351 e. The number of fused-ring (bicyclic) bond motifs is 1. The van der Waals surface area contributed by atoms with Crippen molar-refractivity contribution < 1.29 is 19.1 Å². The number of methoxy groups -OCH3 is 1. The van der Waals surface area contributed by atoms with E-state index in [9.17, 15) is 9.59 Å². The molecule has 0 aliphatic carbocycles. The summed E-state index contributed by atoms with van der Waals surface area (Å²) in [6, 6.07) is 23.2. The minimum atomic E-state index is -1.15. The fraction of sp³-hybridized carbons (Fsp3) is 0.0833. The van der Waals surface area contributed by atoms with Crippen molar-refractivity contribution in [2.24, 2.45) is 0 Å². The van der Waals surface area contributed by atoms with Crippen LogP contribution in [0.4, 0.5) is 5.69 Å². The van der Waals surface area contributed by atoms with E-state index in [4.69, 9.17) is 21.1 Å². The summed E-state index contributed by atoms with van der Waals surface area (Å²) in [4.78, 5) is 26.3. The van der Waals surface area contributed by atoms with Gasteiger partial charge in [0.2, 0.25) is 6.10 Å². The molecule has 0 aliphatic heterocycles. The molecule has 0 fully saturated rings. The molecule has 1 aromatic heterocycles. The van der Waals surface area contributed by atoms with Crippen LogP contribution in [0.2, 0.25) is 5.02 Å². The van der Waals surface area contributed by atoms with Crippen LogP contribution in [-0.4, -0.2) is 19.0 Å². The molecule has 1 heterocycles. The molecule has 0 spiro atoms. The van der Waals surface area contributed by atoms with Crippen LogP contribution in [0.1, 0.15) is 21.3 Å². The molecular weight excluding hydrogens is 434 g/mol. The highest BCUT2D eigenvalue weighted by Crippen LogP contribution is 2.36. The van der Waals surface area contributed by atoms with Crippen LogP contribution in [0.25, 0.3) is 10.1 Å². The predicted octanol–water partition coefficient (Wildman–Crippen LogP) is 6.10. The third kappa shape index (κ3) is 4.55. The number of carbonyl (C=O) groups excluding carboxylic acids is 2. The summed E-state index contributed by atoms with van der Waals surface area (Å²) in [5.74, 6) is -0.533. The number of esters is 1. The average molecular weight is 452 g/mol. The second kappa shape index (κ2) is 9.20. The van der Waals surface area contributed by atoms with Crippen LogP contribution in [0.5, 0.6) is 5.75 Å². The molecular formula is C24H18ClNO4S. The van der Waals surface area contributed by atoms with Crippen molar-refractivity contribution in [3.63, 3.8) is 0 Å². The Morgan fingerprint density at radius 2 is 1.71 bits per heavy atom. The fourth-order valence-corrected chi connectivity index (χ4v) is 4.51. The number of ether oxygens (including phenoxy) is 2. The van der Waals surface area contributed by atoms with Gasteiger partial charge in [0.1, 0.15) is 10.6 Å². The Hall–Kier alpha value is -3.35. The van der Waals surface area contributed by atoms with E-state index in [0.717, 1.165) is 10.1 Å². The maximum absolute atomic E-state index is 13.1. The number of amides is 1. The van der Waals surface area contributed by atoms with Crippen LogP contribution < -0.4 is 10.1 Å². The molecule has 31 heavy (non-hydrogen) atoms. The summed E-state index contributed by atoms with van der Waals surface area (Å²) in [5.41, 5.74) is 1.08. The molecule has 4 rings (SSSR count). The topological polar surface area (TPSA) is 64.6 Å². The zero-order valence-corrected chi connectivity index (χ0v) is 18.1. The first-order valence-corrected chi connectivity index (χ1v) is 10.6. The molecule has 4 aromatic rings. The number of thiophene rings is 1. The summed E-state index contributed by atoms with van der Waals surface area (Å²) in [5, 5.41) is 3.89. The highest BCUT2D eigenvalue weighted by molar-refractivity contribution is 7.21. The van der Waals surface area contributed by atoms with Gasteiger partial charge in [-0.05, 0) is 18.2 Å². The molecule has 1 atom stereocenters. The van der Waals surface area contributed by atoms with E-state index in [1.54, 1.807) is 55.6 Å². The standard InChI is InChI=1S/C24H18ClNO4S/c1-29-17-11-7-10-16(14-17)26-23(27)21(15-8-3-2-4-9-15)30-24(28)22-20(25)18-12-5-6-13-19(18)31-22/h2-14,21H,1H3,(H,26,27)/t21-/m1/s1. The summed E-state index contributed by atoms with van der Waals surface area (Å²) >= 11 is 7.65. The van der Waals surface area contributed by atoms with Crippen molar-refractivity contribution in [3.05, 3.63) is 94.3 Å². The summed E-state index contributed by atoms with van der Waals surface area (Å²) < 4.78 is 11.7. The summed E-state index contributed by atoms with van der Waals surface area (Å²) in [7, 11) is 1.55. The number of hydrogen-bond donors (Lipinski definition) is 1. The van der Waals surface area contributed by atoms with E-state index in [1.165, 1.54) is 11.3 Å². The molecule has 0 aliphatic rings. The highest BCUT2D eigenvalue weighted by Gasteiger charge is 2.28. The van der Waals surface area contributed by atoms with E-state index >= 15 is 0 Å². The molecule has 0 bridgehead atoms. The molecule has 1 N–H and O–H groups in total. The Morgan fingerprint density at radius 1 is 0.968 bits per heavy atom. The minimum absolute atomic E-state index is 0.262. The van der Waals surface area contributed by atoms with Gasteiger partial charge in [-0.25, -0.2) is 4.79 Å². The van der Waals surface area contributed by atoms with E-state index < -0.39 is 18.0 Å². The Balaban J connectivity index is 1.62. The van der Waals surface area contributed by atoms with Gasteiger partial charge in [-0.2, -0.15) is 0 Å². The molecule has 0 radical (unpaired) electrons. The fourth-order valence-electron chi connectivity index (χ4n) is 3.12. The van der Waals surface area contributed by atoms with Crippen LogP contribution in [-0.2, 0) is 9.53 Å². The third-order valence-electron chi connectivity index (χ3n) is 4.62. The number of carbonyl (C=O) groups is 2. The van der Waals surface area contributed by atoms with Crippen LogP contribution in [0, 0.1) is 0 Å². The van der Waals surface area contributed by atoms with Gasteiger partial charge in [-0.3, -0.25) is 4.79 Å². The van der Waals surface area contributed by atoms with Gasteiger partial charge in [0.25, 0.3) is 5.91 Å². The molecule has 1 amide bonds. The molecule has 3 aromatic carbocycles. The van der Waals surface area contributed by atoms with E-state index in [2.05, 4.69) is 5.32 Å². The maximum atomic E-state index is 13.1. The van der Waals surface area contributed by atoms with Gasteiger partial charge < -0.3 is 14.8 Å². The van der Waals surface area contributed by atoms with E-state index in [1.807, 2.05) is 30.3 Å². The van der Waals surface area contributed by atoms with Gasteiger partial charge >= 0.3 is 5.97 Å². The molecule has 0 saturated heterocycles. The van der Waals surface area contributed by atoms with E-state index in [-0.39, 0.29) is 4.88 Å². The Kier molecular flexibility index (Phi) is 6.21. The number of rotatable bonds is 6. The van der Waals surface area contributed by atoms with Crippen molar-refractivity contribution in [2.45, 2.75) is 6.10 Å². The second-order valence-electron chi connectivity index (χ2n) is 6.66. The lowest BCUT2D eigenvalue weighted by molar-refractivity contribution is -0.125. The van der Waals surface area contributed by atoms with Crippen molar-refractivity contribution >= 4 is 50.6 Å². The van der Waals surface area contributed by atoms with Gasteiger partial charge in [0.05, 0.1) is 12.1 Å². The zero-order valence-electron chi connectivity index (χ0n) is 16.5. The average Bonchev–Trinajstić information content (AvgIpc) is 3.14. The van der Waals surface area contributed by atoms with E-state index in [0.29, 0.717) is 22.0 Å². The minimum Gasteiger partial charge on any atom is -0.497 e. The monoisotopic (exact) mass is 451 g/mol. The number of benzene rings is 3. The van der Waals surface area contributed by atoms with Crippen LogP contribution in [0.15, 0.2) is 78.9 Å². The van der Waals surface area contributed by atoms with Crippen molar-refractivity contribution in [1.29, 1.82) is 0 Å². The first-order valence-electron chi connectivity index (χ1n) is 9.44. The molecule has 156 valence electrons. The first-order chi connectivity index (χ1) is 15.1. The number of nitrogens with one attached hydrogen (secondary N) is 1. The molecule has 0 saturated carbocycles. The van der Waals surface area contributed by atoms with Gasteiger partial charge in [-0.15, -0.1) is 11.3 Å². The molecule has 0 unspecified atom stereocenters. The lowest BCUT2D eigenvalue weighted by Gasteiger charge is -2.18. The first kappa shape index (κ1) is 20.9. The normalized spacial score (nSPS) is 11.7. The Morgan fingerprint density at radius 3 is 2.45 bits per heavy atom. The summed E-state index contributed by atoms with van der Waals surface area (Å²) in [6.45, 7) is 0. The highest BCUT2D eigenvalue weighted by atomic mass is 35.5. The van der Waals surface area contributed by atoms with Gasteiger partial charge in [-0.1, -0.05) is 66.2 Å². The zero-order chi connectivity index (χ0) is 21.8. The lowest BCUT2D eigenvalue weighted by atomic mass is 10.1. The third-order valence-corrected chi connectivity index (χ3v) is 6.28. The number of halogens is 1. The van der Waals surface area contributed by atoms with Crippen LogP contribution >= 0.6 is 22.9 Å². The summed E-state index contributed by atoms with van der Waals surface area (Å²) in [6.07, 6.45) is -1.15. The van der Waals surface area contributed by atoms with Crippen molar-refractivity contribution in [3.8, 4) is 5.75 Å². The molecule has 7 heteroatoms. The van der Waals surface area contributed by atoms with Gasteiger partial charge in [0, 0.05) is 27.4 Å². The predicted molar refractivity (Wildman–Crippen MR) is 123 cm³/mol. The Bertz CT molecular complexity index is 1240. The second-order valence-corrected chi connectivity index (χ2v) is 8.09.